The lowest BCUT2D eigenvalue weighted by Gasteiger charge is -2.38. The van der Waals surface area contributed by atoms with Crippen LogP contribution in [0.1, 0.15) is 32.4 Å². The molecule has 0 saturated heterocycles. The highest BCUT2D eigenvalue weighted by Gasteiger charge is 2.33. The van der Waals surface area contributed by atoms with Crippen molar-refractivity contribution in [3.8, 4) is 0 Å². The standard InChI is InChI=1S/C18H26N2O/c1-14(18(2,3)4)17-19(5)11-12-20(17)13-16(21)15-9-7-6-8-10-15/h6-12,16-17,21H,1,13H2,2-5H3. The van der Waals surface area contributed by atoms with Crippen molar-refractivity contribution in [3.63, 3.8) is 0 Å². The molecule has 2 unspecified atom stereocenters. The highest BCUT2D eigenvalue weighted by Crippen LogP contribution is 2.33. The van der Waals surface area contributed by atoms with Crippen LogP contribution in [0.5, 0.6) is 0 Å². The van der Waals surface area contributed by atoms with Gasteiger partial charge in [0.05, 0.1) is 6.10 Å². The van der Waals surface area contributed by atoms with Crippen molar-refractivity contribution in [2.45, 2.75) is 33.0 Å². The fraction of sp³-hybridized carbons (Fsp3) is 0.444. The van der Waals surface area contributed by atoms with E-state index >= 15 is 0 Å². The van der Waals surface area contributed by atoms with Gasteiger partial charge in [-0.15, -0.1) is 0 Å². The van der Waals surface area contributed by atoms with Gasteiger partial charge in [0.15, 0.2) is 0 Å². The summed E-state index contributed by atoms with van der Waals surface area (Å²) in [5.41, 5.74) is 2.12. The van der Waals surface area contributed by atoms with E-state index in [0.29, 0.717) is 6.54 Å². The third kappa shape index (κ3) is 3.48. The first kappa shape index (κ1) is 15.6. The van der Waals surface area contributed by atoms with Gasteiger partial charge < -0.3 is 14.9 Å². The number of aliphatic hydroxyl groups excluding tert-OH is 1. The summed E-state index contributed by atoms with van der Waals surface area (Å²) in [6.07, 6.45) is 3.67. The van der Waals surface area contributed by atoms with Crippen molar-refractivity contribution in [1.82, 2.24) is 9.80 Å². The van der Waals surface area contributed by atoms with Crippen LogP contribution in [0, 0.1) is 5.41 Å². The molecule has 1 aliphatic heterocycles. The Morgan fingerprint density at radius 1 is 1.24 bits per heavy atom. The summed E-state index contributed by atoms with van der Waals surface area (Å²) in [6, 6.07) is 9.79. The van der Waals surface area contributed by atoms with Crippen LogP contribution in [-0.2, 0) is 0 Å². The molecule has 1 N–H and O–H groups in total. The third-order valence-corrected chi connectivity index (χ3v) is 4.04. The molecule has 0 saturated carbocycles. The number of likely N-dealkylation sites (N-methyl/N-ethyl adjacent to an activating group) is 1. The van der Waals surface area contributed by atoms with Crippen molar-refractivity contribution in [1.29, 1.82) is 0 Å². The second-order valence-corrected chi connectivity index (χ2v) is 6.74. The molecule has 1 aromatic carbocycles. The first-order valence-electron chi connectivity index (χ1n) is 7.39. The molecule has 0 amide bonds. The van der Waals surface area contributed by atoms with Crippen molar-refractivity contribution in [2.24, 2.45) is 5.41 Å². The Labute approximate surface area is 128 Å². The van der Waals surface area contributed by atoms with Crippen LogP contribution < -0.4 is 0 Å². The first-order chi connectivity index (χ1) is 9.80. The summed E-state index contributed by atoms with van der Waals surface area (Å²) in [6.45, 7) is 11.4. The molecule has 0 radical (unpaired) electrons. The molecule has 0 fully saturated rings. The summed E-state index contributed by atoms with van der Waals surface area (Å²) >= 11 is 0. The van der Waals surface area contributed by atoms with E-state index in [1.54, 1.807) is 0 Å². The zero-order valence-electron chi connectivity index (χ0n) is 13.5. The van der Waals surface area contributed by atoms with E-state index < -0.39 is 6.10 Å². The maximum absolute atomic E-state index is 10.4. The summed E-state index contributed by atoms with van der Waals surface area (Å²) in [7, 11) is 2.05. The molecule has 1 heterocycles. The van der Waals surface area contributed by atoms with Gasteiger partial charge in [-0.1, -0.05) is 57.7 Å². The Morgan fingerprint density at radius 2 is 1.86 bits per heavy atom. The van der Waals surface area contributed by atoms with Crippen LogP contribution in [0.25, 0.3) is 0 Å². The van der Waals surface area contributed by atoms with E-state index in [0.717, 1.165) is 11.1 Å². The molecular weight excluding hydrogens is 260 g/mol. The van der Waals surface area contributed by atoms with E-state index in [4.69, 9.17) is 0 Å². The maximum atomic E-state index is 10.4. The highest BCUT2D eigenvalue weighted by molar-refractivity contribution is 5.21. The second-order valence-electron chi connectivity index (χ2n) is 6.74. The molecule has 0 spiro atoms. The Kier molecular flexibility index (Phi) is 4.43. The summed E-state index contributed by atoms with van der Waals surface area (Å²) in [4.78, 5) is 4.30. The topological polar surface area (TPSA) is 26.7 Å². The van der Waals surface area contributed by atoms with Gasteiger partial charge in [-0.3, -0.25) is 0 Å². The number of hydrogen-bond donors (Lipinski definition) is 1. The van der Waals surface area contributed by atoms with Crippen molar-refractivity contribution < 1.29 is 5.11 Å². The molecule has 0 aromatic heterocycles. The Morgan fingerprint density at radius 3 is 2.43 bits per heavy atom. The molecule has 114 valence electrons. The van der Waals surface area contributed by atoms with Crippen molar-refractivity contribution >= 4 is 0 Å². The smallest absolute Gasteiger partial charge is 0.123 e. The van der Waals surface area contributed by atoms with Crippen molar-refractivity contribution in [2.75, 3.05) is 13.6 Å². The van der Waals surface area contributed by atoms with Gasteiger partial charge >= 0.3 is 0 Å². The first-order valence-corrected chi connectivity index (χ1v) is 7.39. The summed E-state index contributed by atoms with van der Waals surface area (Å²) < 4.78 is 0. The van der Waals surface area contributed by atoms with E-state index in [1.165, 1.54) is 0 Å². The number of benzene rings is 1. The lowest BCUT2D eigenvalue weighted by molar-refractivity contribution is 0.0977. The number of β-amino-alcohol motifs (C(OH)–C–C–N with tert-alkyl or cyclic N) is 1. The minimum atomic E-state index is -0.502. The lowest BCUT2D eigenvalue weighted by atomic mass is 9.85. The molecule has 3 nitrogen and oxygen atoms in total. The minimum absolute atomic E-state index is 0.0287. The third-order valence-electron chi connectivity index (χ3n) is 4.04. The average Bonchev–Trinajstić information content (AvgIpc) is 2.78. The average molecular weight is 286 g/mol. The largest absolute Gasteiger partial charge is 0.387 e. The van der Waals surface area contributed by atoms with Crippen LogP contribution in [-0.4, -0.2) is 34.7 Å². The second kappa shape index (κ2) is 5.94. The molecule has 0 aliphatic carbocycles. The van der Waals surface area contributed by atoms with Gasteiger partial charge in [-0.25, -0.2) is 0 Å². The van der Waals surface area contributed by atoms with Crippen molar-refractivity contribution in [3.05, 3.63) is 60.4 Å². The summed E-state index contributed by atoms with van der Waals surface area (Å²) in [5, 5.41) is 10.4. The van der Waals surface area contributed by atoms with E-state index in [2.05, 4.69) is 37.1 Å². The SMILES string of the molecule is C=C(C1N(C)C=CN1CC(O)c1ccccc1)C(C)(C)C. The maximum Gasteiger partial charge on any atom is 0.123 e. The molecule has 0 bridgehead atoms. The molecule has 21 heavy (non-hydrogen) atoms. The molecule has 2 rings (SSSR count). The van der Waals surface area contributed by atoms with Crippen LogP contribution in [0.4, 0.5) is 0 Å². The predicted octanol–water partition coefficient (Wildman–Crippen LogP) is 3.37. The Hall–Kier alpha value is -1.74. The van der Waals surface area contributed by atoms with Crippen LogP contribution >= 0.6 is 0 Å². The van der Waals surface area contributed by atoms with Crippen LogP contribution in [0.3, 0.4) is 0 Å². The minimum Gasteiger partial charge on any atom is -0.387 e. The Balaban J connectivity index is 2.12. The summed E-state index contributed by atoms with van der Waals surface area (Å²) in [5.74, 6) is 0. The number of hydrogen-bond acceptors (Lipinski definition) is 3. The van der Waals surface area contributed by atoms with Gasteiger partial charge in [-0.2, -0.15) is 0 Å². The zero-order chi connectivity index (χ0) is 15.6. The molecular formula is C18H26N2O. The fourth-order valence-electron chi connectivity index (χ4n) is 2.56. The van der Waals surface area contributed by atoms with Gasteiger partial charge in [0.25, 0.3) is 0 Å². The number of rotatable bonds is 4. The lowest BCUT2D eigenvalue weighted by Crippen LogP contribution is -2.42. The molecule has 2 atom stereocenters. The van der Waals surface area contributed by atoms with E-state index in [1.807, 2.05) is 49.8 Å². The Bertz CT molecular complexity index is 516. The predicted molar refractivity (Wildman–Crippen MR) is 87.4 cm³/mol. The molecule has 1 aromatic rings. The normalized spacial score (nSPS) is 20.0. The fourth-order valence-corrected chi connectivity index (χ4v) is 2.56. The van der Waals surface area contributed by atoms with Crippen LogP contribution in [0.15, 0.2) is 54.9 Å². The number of aliphatic hydroxyl groups is 1. The quantitative estimate of drug-likeness (QED) is 0.860. The van der Waals surface area contributed by atoms with Gasteiger partial charge in [0.2, 0.25) is 0 Å². The van der Waals surface area contributed by atoms with Gasteiger partial charge in [0.1, 0.15) is 6.17 Å². The highest BCUT2D eigenvalue weighted by atomic mass is 16.3. The van der Waals surface area contributed by atoms with Crippen LogP contribution in [0.2, 0.25) is 0 Å². The monoisotopic (exact) mass is 286 g/mol. The van der Waals surface area contributed by atoms with Gasteiger partial charge in [-0.05, 0) is 16.6 Å². The van der Waals surface area contributed by atoms with E-state index in [-0.39, 0.29) is 11.6 Å². The molecule has 3 heteroatoms. The molecule has 1 aliphatic rings. The van der Waals surface area contributed by atoms with E-state index in [9.17, 15) is 5.11 Å². The zero-order valence-corrected chi connectivity index (χ0v) is 13.5. The number of nitrogens with zero attached hydrogens (tertiary/aromatic N) is 2. The van der Waals surface area contributed by atoms with Gasteiger partial charge in [0, 0.05) is 26.0 Å².